The van der Waals surface area contributed by atoms with Crippen LogP contribution in [-0.2, 0) is 9.59 Å². The van der Waals surface area contributed by atoms with Crippen LogP contribution in [0, 0.1) is 5.92 Å². The van der Waals surface area contributed by atoms with Crippen LogP contribution in [-0.4, -0.2) is 27.7 Å². The van der Waals surface area contributed by atoms with Crippen molar-refractivity contribution in [2.45, 2.75) is 38.1 Å². The van der Waals surface area contributed by atoms with Crippen molar-refractivity contribution in [1.29, 1.82) is 0 Å². The number of aliphatic carboxylic acids is 1. The first-order valence-electron chi connectivity index (χ1n) is 10.1. The van der Waals surface area contributed by atoms with Gasteiger partial charge in [0.25, 0.3) is 0 Å². The summed E-state index contributed by atoms with van der Waals surface area (Å²) in [5.74, 6) is -1.07. The Morgan fingerprint density at radius 1 is 1.03 bits per heavy atom. The lowest BCUT2D eigenvalue weighted by atomic mass is 9.77. The fraction of sp³-hybridized carbons (Fsp3) is 0.292. The number of allylic oxidation sites excluding steroid dienone is 1. The van der Waals surface area contributed by atoms with E-state index >= 15 is 0 Å². The predicted octanol–water partition coefficient (Wildman–Crippen LogP) is 4.67. The number of amides is 1. The van der Waals surface area contributed by atoms with Crippen LogP contribution in [0.15, 0.2) is 71.3 Å². The molecular weight excluding hydrogens is 364 g/mol. The Hall–Kier alpha value is -3.21. The molecule has 0 saturated heterocycles. The second-order valence-electron chi connectivity index (χ2n) is 7.55. The lowest BCUT2D eigenvalue weighted by Gasteiger charge is -2.29. The van der Waals surface area contributed by atoms with Crippen LogP contribution in [0.5, 0.6) is 0 Å². The van der Waals surface area contributed by atoms with E-state index in [4.69, 9.17) is 10.2 Å². The molecule has 1 fully saturated rings. The third kappa shape index (κ3) is 4.14. The molecule has 1 aliphatic heterocycles. The van der Waals surface area contributed by atoms with Gasteiger partial charge < -0.3 is 5.11 Å². The average molecular weight is 388 g/mol. The third-order valence-corrected chi connectivity index (χ3v) is 5.59. The third-order valence-electron chi connectivity index (χ3n) is 5.59. The summed E-state index contributed by atoms with van der Waals surface area (Å²) in [5, 5.41) is 15.3. The van der Waals surface area contributed by atoms with E-state index in [1.807, 2.05) is 48.5 Å². The number of hydrogen-bond donors (Lipinski definition) is 1. The summed E-state index contributed by atoms with van der Waals surface area (Å²) in [7, 11) is 0. The lowest BCUT2D eigenvalue weighted by molar-refractivity contribution is -0.141. The average Bonchev–Trinajstić information content (AvgIpc) is 3.14. The molecule has 5 heteroatoms. The molecule has 0 bridgehead atoms. The van der Waals surface area contributed by atoms with Crippen molar-refractivity contribution in [2.24, 2.45) is 11.0 Å². The van der Waals surface area contributed by atoms with Gasteiger partial charge in [0.1, 0.15) is 0 Å². The highest BCUT2D eigenvalue weighted by Gasteiger charge is 2.43. The summed E-state index contributed by atoms with van der Waals surface area (Å²) in [6, 6.07) is 19.9. The number of benzene rings is 2. The van der Waals surface area contributed by atoms with Gasteiger partial charge in [-0.1, -0.05) is 60.7 Å². The minimum Gasteiger partial charge on any atom is -0.481 e. The van der Waals surface area contributed by atoms with Crippen molar-refractivity contribution < 1.29 is 14.7 Å². The molecule has 5 nitrogen and oxygen atoms in total. The summed E-state index contributed by atoms with van der Waals surface area (Å²) < 4.78 is 0. The molecule has 0 radical (unpaired) electrons. The van der Waals surface area contributed by atoms with Gasteiger partial charge in [0.15, 0.2) is 0 Å². The van der Waals surface area contributed by atoms with Gasteiger partial charge in [-0.15, -0.1) is 0 Å². The maximum Gasteiger partial charge on any atom is 0.303 e. The Labute approximate surface area is 170 Å². The number of nitrogens with zero attached hydrogens (tertiary/aromatic N) is 2. The molecule has 0 spiro atoms. The zero-order chi connectivity index (χ0) is 20.2. The van der Waals surface area contributed by atoms with Gasteiger partial charge in [0.05, 0.1) is 18.2 Å². The highest BCUT2D eigenvalue weighted by atomic mass is 16.4. The molecule has 29 heavy (non-hydrogen) atoms. The monoisotopic (exact) mass is 388 g/mol. The number of carboxylic acids is 1. The minimum atomic E-state index is -0.969. The lowest BCUT2D eigenvalue weighted by Crippen LogP contribution is -2.32. The van der Waals surface area contributed by atoms with Crippen LogP contribution in [0.2, 0.25) is 0 Å². The molecule has 2 unspecified atom stereocenters. The highest BCUT2D eigenvalue weighted by Crippen LogP contribution is 2.44. The second-order valence-corrected chi connectivity index (χ2v) is 7.55. The summed E-state index contributed by atoms with van der Waals surface area (Å²) >= 11 is 0. The molecule has 0 aromatic heterocycles. The van der Waals surface area contributed by atoms with Crippen LogP contribution in [0.25, 0.3) is 6.08 Å². The zero-order valence-corrected chi connectivity index (χ0v) is 16.2. The van der Waals surface area contributed by atoms with Crippen LogP contribution in [0.3, 0.4) is 0 Å². The zero-order valence-electron chi connectivity index (χ0n) is 16.2. The fourth-order valence-corrected chi connectivity index (χ4v) is 4.27. The summed E-state index contributed by atoms with van der Waals surface area (Å²) in [6.07, 6.45) is 4.89. The standard InChI is InChI=1S/C24H24N2O3/c27-21(14-15-22(28)29)26-24(18-10-5-2-6-11-18)20-13-7-12-19(23(20)25-26)16-17-8-3-1-4-9-17/h1-6,8-11,16,20,24H,7,12-15H2,(H,28,29)/b19-16-. The molecule has 2 aromatic carbocycles. The number of hydrogen-bond acceptors (Lipinski definition) is 3. The number of carbonyl (C=O) groups excluding carboxylic acids is 1. The van der Waals surface area contributed by atoms with E-state index < -0.39 is 5.97 Å². The predicted molar refractivity (Wildman–Crippen MR) is 112 cm³/mol. The largest absolute Gasteiger partial charge is 0.481 e. The normalized spacial score (nSPS) is 22.3. The number of hydrazone groups is 1. The van der Waals surface area contributed by atoms with E-state index in [0.29, 0.717) is 0 Å². The van der Waals surface area contributed by atoms with Crippen LogP contribution in [0.4, 0.5) is 0 Å². The van der Waals surface area contributed by atoms with Crippen molar-refractivity contribution in [1.82, 2.24) is 5.01 Å². The fourth-order valence-electron chi connectivity index (χ4n) is 4.27. The van der Waals surface area contributed by atoms with Crippen molar-refractivity contribution in [3.63, 3.8) is 0 Å². The first kappa shape index (κ1) is 19.1. The van der Waals surface area contributed by atoms with E-state index in [1.54, 1.807) is 5.01 Å². The van der Waals surface area contributed by atoms with Crippen molar-refractivity contribution in [2.75, 3.05) is 0 Å². The van der Waals surface area contributed by atoms with Gasteiger partial charge in [-0.05, 0) is 42.0 Å². The number of rotatable bonds is 5. The van der Waals surface area contributed by atoms with Crippen molar-refractivity contribution in [3.05, 3.63) is 77.4 Å². The molecule has 148 valence electrons. The van der Waals surface area contributed by atoms with Gasteiger partial charge in [0.2, 0.25) is 5.91 Å². The second kappa shape index (κ2) is 8.43. The summed E-state index contributed by atoms with van der Waals surface area (Å²) in [4.78, 5) is 23.8. The molecule has 1 aliphatic carbocycles. The van der Waals surface area contributed by atoms with Crippen LogP contribution in [0.1, 0.15) is 49.3 Å². The molecule has 1 heterocycles. The molecular formula is C24H24N2O3. The SMILES string of the molecule is O=C(O)CCC(=O)N1N=C2/C(=C\c3ccccc3)CCCC2C1c1ccccc1. The Kier molecular flexibility index (Phi) is 5.56. The molecule has 1 N–H and O–H groups in total. The van der Waals surface area contributed by atoms with Gasteiger partial charge >= 0.3 is 5.97 Å². The number of carbonyl (C=O) groups is 2. The van der Waals surface area contributed by atoms with E-state index in [9.17, 15) is 9.59 Å². The molecule has 1 amide bonds. The first-order chi connectivity index (χ1) is 14.1. The maximum absolute atomic E-state index is 12.9. The minimum absolute atomic E-state index is 0.0418. The van der Waals surface area contributed by atoms with Gasteiger partial charge in [0, 0.05) is 12.3 Å². The van der Waals surface area contributed by atoms with E-state index in [1.165, 1.54) is 5.57 Å². The molecule has 2 aliphatic rings. The summed E-state index contributed by atoms with van der Waals surface area (Å²) in [6.45, 7) is 0. The number of fused-ring (bicyclic) bond motifs is 1. The van der Waals surface area contributed by atoms with Crippen molar-refractivity contribution in [3.8, 4) is 0 Å². The van der Waals surface area contributed by atoms with Gasteiger partial charge in [-0.3, -0.25) is 9.59 Å². The maximum atomic E-state index is 12.9. The Morgan fingerprint density at radius 2 is 1.72 bits per heavy atom. The van der Waals surface area contributed by atoms with Gasteiger partial charge in [-0.25, -0.2) is 5.01 Å². The molecule has 1 saturated carbocycles. The van der Waals surface area contributed by atoms with Gasteiger partial charge in [-0.2, -0.15) is 5.10 Å². The topological polar surface area (TPSA) is 70.0 Å². The van der Waals surface area contributed by atoms with E-state index in [-0.39, 0.29) is 30.7 Å². The molecule has 2 aromatic rings. The van der Waals surface area contributed by atoms with E-state index in [2.05, 4.69) is 18.2 Å². The quantitative estimate of drug-likeness (QED) is 0.809. The van der Waals surface area contributed by atoms with E-state index in [0.717, 1.165) is 36.1 Å². The Balaban J connectivity index is 1.70. The van der Waals surface area contributed by atoms with Crippen molar-refractivity contribution >= 4 is 23.7 Å². The Morgan fingerprint density at radius 3 is 2.41 bits per heavy atom. The first-order valence-corrected chi connectivity index (χ1v) is 10.1. The van der Waals surface area contributed by atoms with Crippen LogP contribution >= 0.6 is 0 Å². The Bertz CT molecular complexity index is 951. The number of carboxylic acid groups (broad SMARTS) is 1. The highest BCUT2D eigenvalue weighted by molar-refractivity contribution is 6.08. The molecule has 2 atom stereocenters. The molecule has 4 rings (SSSR count). The summed E-state index contributed by atoms with van der Waals surface area (Å²) in [5.41, 5.74) is 4.30. The van der Waals surface area contributed by atoms with Crippen LogP contribution < -0.4 is 0 Å². The smallest absolute Gasteiger partial charge is 0.303 e.